The minimum Gasteiger partial charge on any atom is -0.458 e. The van der Waals surface area contributed by atoms with Gasteiger partial charge in [-0.15, -0.1) is 0 Å². The summed E-state index contributed by atoms with van der Waals surface area (Å²) in [6.45, 7) is 2.29. The van der Waals surface area contributed by atoms with Crippen LogP contribution >= 0.6 is 0 Å². The van der Waals surface area contributed by atoms with Crippen LogP contribution in [0.2, 0.25) is 0 Å². The molecule has 0 saturated heterocycles. The molecule has 9 heteroatoms. The molecule has 4 aromatic rings. The van der Waals surface area contributed by atoms with Gasteiger partial charge in [-0.05, 0) is 36.8 Å². The van der Waals surface area contributed by atoms with Crippen LogP contribution in [-0.2, 0) is 0 Å². The Morgan fingerprint density at radius 2 is 1.97 bits per heavy atom. The van der Waals surface area contributed by atoms with E-state index in [-0.39, 0.29) is 22.3 Å². The van der Waals surface area contributed by atoms with Crippen LogP contribution in [0.25, 0.3) is 22.1 Å². The fourth-order valence-electron chi connectivity index (χ4n) is 3.72. The van der Waals surface area contributed by atoms with Crippen molar-refractivity contribution in [2.75, 3.05) is 22.6 Å². The number of fused-ring (bicyclic) bond motifs is 2. The van der Waals surface area contributed by atoms with Gasteiger partial charge in [0.25, 0.3) is 0 Å². The molecule has 0 saturated carbocycles. The van der Waals surface area contributed by atoms with Gasteiger partial charge in [0.15, 0.2) is 11.6 Å². The highest BCUT2D eigenvalue weighted by Gasteiger charge is 2.25. The summed E-state index contributed by atoms with van der Waals surface area (Å²) in [6.07, 6.45) is 1.41. The van der Waals surface area contributed by atoms with E-state index in [0.717, 1.165) is 0 Å². The molecule has 0 aliphatic carbocycles. The molecule has 31 heavy (non-hydrogen) atoms. The molecule has 2 aromatic carbocycles. The van der Waals surface area contributed by atoms with Crippen LogP contribution in [0.3, 0.4) is 0 Å². The topological polar surface area (TPSA) is 92.1 Å². The minimum atomic E-state index is -0.694. The first kappa shape index (κ1) is 19.0. The Bertz CT molecular complexity index is 1370. The molecule has 156 valence electrons. The summed E-state index contributed by atoms with van der Waals surface area (Å²) in [5.41, 5.74) is 0.628. The van der Waals surface area contributed by atoms with Crippen molar-refractivity contribution in [2.45, 2.75) is 13.0 Å². The third kappa shape index (κ3) is 3.24. The summed E-state index contributed by atoms with van der Waals surface area (Å²) < 4.78 is 34.4. The maximum absolute atomic E-state index is 14.5. The maximum atomic E-state index is 14.5. The molecule has 1 atom stereocenters. The molecule has 0 bridgehead atoms. The summed E-state index contributed by atoms with van der Waals surface area (Å²) in [5, 5.41) is 9.26. The first-order valence-electron chi connectivity index (χ1n) is 9.63. The van der Waals surface area contributed by atoms with E-state index in [4.69, 9.17) is 4.42 Å². The Balaban J connectivity index is 1.70. The maximum Gasteiger partial charge on any atom is 0.203 e. The van der Waals surface area contributed by atoms with Crippen molar-refractivity contribution in [3.8, 4) is 11.1 Å². The second kappa shape index (κ2) is 7.35. The molecule has 2 aromatic heterocycles. The van der Waals surface area contributed by atoms with Crippen LogP contribution in [-0.4, -0.2) is 16.6 Å². The predicted molar refractivity (Wildman–Crippen MR) is 114 cm³/mol. The molecule has 0 amide bonds. The van der Waals surface area contributed by atoms with Gasteiger partial charge in [-0.3, -0.25) is 4.79 Å². The lowest BCUT2D eigenvalue weighted by molar-refractivity contribution is 0.513. The van der Waals surface area contributed by atoms with Crippen LogP contribution in [0.5, 0.6) is 0 Å². The summed E-state index contributed by atoms with van der Waals surface area (Å²) in [7, 11) is 0. The van der Waals surface area contributed by atoms with Crippen molar-refractivity contribution < 1.29 is 13.2 Å². The number of nitrogens with zero attached hydrogens (tertiary/aromatic N) is 2. The number of aromatic nitrogens is 2. The Morgan fingerprint density at radius 3 is 2.81 bits per heavy atom. The predicted octanol–water partition coefficient (Wildman–Crippen LogP) is 4.50. The number of hydrogen-bond donors (Lipinski definition) is 3. The number of benzene rings is 2. The van der Waals surface area contributed by atoms with Crippen molar-refractivity contribution in [2.24, 2.45) is 0 Å². The zero-order valence-electron chi connectivity index (χ0n) is 16.4. The van der Waals surface area contributed by atoms with Crippen molar-refractivity contribution in [1.29, 1.82) is 0 Å². The fourth-order valence-corrected chi connectivity index (χ4v) is 3.72. The van der Waals surface area contributed by atoms with Crippen molar-refractivity contribution in [3.63, 3.8) is 0 Å². The van der Waals surface area contributed by atoms with E-state index < -0.39 is 23.1 Å². The quantitative estimate of drug-likeness (QED) is 0.447. The highest BCUT2D eigenvalue weighted by atomic mass is 19.1. The number of rotatable bonds is 4. The molecule has 0 spiro atoms. The number of nitrogens with one attached hydrogen (secondary N) is 3. The molecule has 3 N–H and O–H groups in total. The Hall–Kier alpha value is -4.01. The summed E-state index contributed by atoms with van der Waals surface area (Å²) >= 11 is 0. The average Bonchev–Trinajstić information content (AvgIpc) is 3.23. The molecular weight excluding hydrogens is 404 g/mol. The van der Waals surface area contributed by atoms with E-state index in [1.807, 2.05) is 0 Å². The monoisotopic (exact) mass is 421 g/mol. The van der Waals surface area contributed by atoms with Crippen LogP contribution in [0.1, 0.15) is 18.7 Å². The van der Waals surface area contributed by atoms with Gasteiger partial charge in [0.2, 0.25) is 5.43 Å². The van der Waals surface area contributed by atoms with Crippen molar-refractivity contribution in [1.82, 2.24) is 9.97 Å². The Kier molecular flexibility index (Phi) is 4.50. The lowest BCUT2D eigenvalue weighted by Crippen LogP contribution is -2.17. The molecule has 7 nitrogen and oxygen atoms in total. The normalized spacial score (nSPS) is 13.4. The van der Waals surface area contributed by atoms with E-state index in [1.54, 1.807) is 13.0 Å². The number of hydrogen-bond acceptors (Lipinski definition) is 7. The van der Waals surface area contributed by atoms with Crippen LogP contribution in [0.15, 0.2) is 58.0 Å². The van der Waals surface area contributed by atoms with Crippen LogP contribution in [0.4, 0.5) is 26.1 Å². The Labute approximate surface area is 175 Å². The van der Waals surface area contributed by atoms with E-state index in [1.165, 1.54) is 42.7 Å². The third-order valence-electron chi connectivity index (χ3n) is 5.12. The first-order chi connectivity index (χ1) is 15.0. The van der Waals surface area contributed by atoms with Gasteiger partial charge in [0.05, 0.1) is 18.3 Å². The van der Waals surface area contributed by atoms with E-state index >= 15 is 0 Å². The lowest BCUT2D eigenvalue weighted by atomic mass is 9.99. The lowest BCUT2D eigenvalue weighted by Gasteiger charge is -2.19. The number of anilines is 3. The minimum absolute atomic E-state index is 0.0916. The number of halogens is 2. The van der Waals surface area contributed by atoms with Crippen molar-refractivity contribution in [3.05, 3.63) is 76.4 Å². The second-order valence-corrected chi connectivity index (χ2v) is 7.14. The highest BCUT2D eigenvalue weighted by molar-refractivity contribution is 5.84. The molecule has 1 unspecified atom stereocenters. The van der Waals surface area contributed by atoms with Gasteiger partial charge < -0.3 is 20.4 Å². The van der Waals surface area contributed by atoms with Crippen LogP contribution < -0.4 is 21.4 Å². The van der Waals surface area contributed by atoms with Gasteiger partial charge in [-0.1, -0.05) is 18.2 Å². The van der Waals surface area contributed by atoms with Gasteiger partial charge in [0.1, 0.15) is 40.4 Å². The zero-order chi connectivity index (χ0) is 21.5. The molecule has 0 fully saturated rings. The van der Waals surface area contributed by atoms with Crippen LogP contribution in [0, 0.1) is 11.6 Å². The molecule has 0 radical (unpaired) electrons. The highest BCUT2D eigenvalue weighted by Crippen LogP contribution is 2.35. The van der Waals surface area contributed by atoms with Crippen molar-refractivity contribution >= 4 is 28.3 Å². The molecule has 3 heterocycles. The van der Waals surface area contributed by atoms with E-state index in [0.29, 0.717) is 29.6 Å². The smallest absolute Gasteiger partial charge is 0.203 e. The zero-order valence-corrected chi connectivity index (χ0v) is 16.4. The first-order valence-corrected chi connectivity index (χ1v) is 9.63. The van der Waals surface area contributed by atoms with Gasteiger partial charge in [0, 0.05) is 0 Å². The molecule has 5 rings (SSSR count). The SMILES string of the molecule is CC(Nc1ncnc2c1NCN2)c1oc2cccc(F)c2c(=O)c1-c1cccc(F)c1. The largest absolute Gasteiger partial charge is 0.458 e. The van der Waals surface area contributed by atoms with E-state index in [9.17, 15) is 13.6 Å². The standard InChI is InChI=1S/C22H17F2N5O2/c1-11(29-22-18-21(26-9-25-18)27-10-28-22)20-16(12-4-2-5-13(23)8-12)19(30)17-14(24)6-3-7-15(17)31-20/h2-8,10-11,25H,9H2,1H3,(H2,26,27,28,29). The average molecular weight is 421 g/mol. The van der Waals surface area contributed by atoms with Gasteiger partial charge >= 0.3 is 0 Å². The van der Waals surface area contributed by atoms with Gasteiger partial charge in [-0.2, -0.15) is 0 Å². The fraction of sp³-hybridized carbons (Fsp3) is 0.136. The summed E-state index contributed by atoms with van der Waals surface area (Å²) in [4.78, 5) is 21.8. The molecular formula is C22H17F2N5O2. The molecule has 1 aliphatic rings. The summed E-state index contributed by atoms with van der Waals surface area (Å²) in [6, 6.07) is 9.21. The van der Waals surface area contributed by atoms with E-state index in [2.05, 4.69) is 25.9 Å². The Morgan fingerprint density at radius 1 is 1.13 bits per heavy atom. The third-order valence-corrected chi connectivity index (χ3v) is 5.12. The second-order valence-electron chi connectivity index (χ2n) is 7.14. The summed E-state index contributed by atoms with van der Waals surface area (Å²) in [5.74, 6) is 0.194. The van der Waals surface area contributed by atoms with Gasteiger partial charge in [-0.25, -0.2) is 18.7 Å². The molecule has 1 aliphatic heterocycles.